The first kappa shape index (κ1) is 52.7. The lowest BCUT2D eigenvalue weighted by Crippen LogP contribution is -2.82. The number of carbonyl (C=O) groups is 6. The van der Waals surface area contributed by atoms with Crippen molar-refractivity contribution in [3.8, 4) is 0 Å². The van der Waals surface area contributed by atoms with Gasteiger partial charge in [-0.15, -0.1) is 0 Å². The molecule has 1 saturated heterocycles. The first-order chi connectivity index (χ1) is 31.1. The van der Waals surface area contributed by atoms with Crippen molar-refractivity contribution in [2.45, 2.75) is 109 Å². The Kier molecular flexibility index (Phi) is 15.5. The van der Waals surface area contributed by atoms with Crippen molar-refractivity contribution in [3.63, 3.8) is 0 Å². The number of hydrogen-bond acceptors (Lipinski definition) is 17. The van der Waals surface area contributed by atoms with Crippen LogP contribution in [-0.4, -0.2) is 121 Å². The Morgan fingerprint density at radius 2 is 1.40 bits per heavy atom. The van der Waals surface area contributed by atoms with Gasteiger partial charge in [0, 0.05) is 25.2 Å². The topological polar surface area (TPSA) is 243 Å². The number of esters is 3. The van der Waals surface area contributed by atoms with Crippen molar-refractivity contribution >= 4 is 106 Å². The number of hydrogen-bond donors (Lipinski definition) is 3. The number of aliphatic hydroxyl groups excluding tert-OH is 1. The van der Waals surface area contributed by atoms with E-state index in [1.807, 2.05) is 0 Å². The highest BCUT2D eigenvalue weighted by molar-refractivity contribution is 6.68. The van der Waals surface area contributed by atoms with Crippen LogP contribution in [0.2, 0.25) is 0 Å². The van der Waals surface area contributed by atoms with E-state index < -0.39 is 147 Å². The summed E-state index contributed by atoms with van der Waals surface area (Å²) in [4.78, 5) is 85.0. The molecule has 1 heterocycles. The Hall–Kier alpha value is -3.62. The third-order valence-electron chi connectivity index (χ3n) is 13.1. The monoisotopic (exact) mass is 1060 g/mol. The van der Waals surface area contributed by atoms with Crippen molar-refractivity contribution in [3.05, 3.63) is 82.9 Å². The minimum Gasteiger partial charge on any atom is -0.456 e. The quantitative estimate of drug-likeness (QED) is 0.0911. The normalized spacial score (nSPS) is 30.9. The number of ketones is 1. The van der Waals surface area contributed by atoms with Crippen molar-refractivity contribution in [2.75, 3.05) is 19.8 Å². The van der Waals surface area contributed by atoms with Gasteiger partial charge in [0.15, 0.2) is 23.6 Å². The van der Waals surface area contributed by atoms with E-state index in [0.29, 0.717) is 5.56 Å². The molecule has 17 nitrogen and oxygen atoms in total. The maximum Gasteiger partial charge on any atom is 0.509 e. The highest BCUT2D eigenvalue weighted by Crippen LogP contribution is 2.65. The summed E-state index contributed by atoms with van der Waals surface area (Å²) in [6.07, 6.45) is -14.9. The second-order valence-corrected chi connectivity index (χ2v) is 22.5. The minimum absolute atomic E-state index is 0.0149. The van der Waals surface area contributed by atoms with Crippen molar-refractivity contribution in [1.29, 1.82) is 0 Å². The number of nitrogens with two attached hydrogens (primary N) is 1. The van der Waals surface area contributed by atoms with Gasteiger partial charge in [-0.05, 0) is 42.7 Å². The zero-order valence-electron chi connectivity index (χ0n) is 36.4. The van der Waals surface area contributed by atoms with Gasteiger partial charge in [0.25, 0.3) is 0 Å². The first-order valence-electron chi connectivity index (χ1n) is 20.6. The van der Waals surface area contributed by atoms with E-state index in [2.05, 4.69) is 0 Å². The van der Waals surface area contributed by atoms with Crippen LogP contribution in [0.5, 0.6) is 0 Å². The zero-order chi connectivity index (χ0) is 49.7. The van der Waals surface area contributed by atoms with Crippen LogP contribution in [0.15, 0.2) is 71.8 Å². The molecule has 0 amide bonds. The molecule has 6 rings (SSSR count). The van der Waals surface area contributed by atoms with Gasteiger partial charge in [-0.25, -0.2) is 19.2 Å². The molecular weight excluding hydrogens is 1010 g/mol. The Balaban J connectivity index is 1.62. The second kappa shape index (κ2) is 19.6. The lowest BCUT2D eigenvalue weighted by atomic mass is 9.44. The lowest BCUT2D eigenvalue weighted by molar-refractivity contribution is -0.346. The van der Waals surface area contributed by atoms with Crippen LogP contribution >= 0.6 is 69.6 Å². The SMILES string of the molecule is CC(=O)O[C@@]12CO[C@@H]1C[C@H](OC(=O)OCC(Cl)(Cl)Cl)[C@@]1(C)C(=O)[C@H](OC(=O)OCC(Cl)(Cl)Cl)C3=C(C)[C@@H](OC(=O)[C@H](O)[C@@H](N)c4ccccc4)CC(O)([C@@H](OC(=O)c4ccccc4)[C@H]21)C3(C)C. The summed E-state index contributed by atoms with van der Waals surface area (Å²) in [6.45, 7) is 4.49. The molecule has 67 heavy (non-hydrogen) atoms. The van der Waals surface area contributed by atoms with Gasteiger partial charge in [0.05, 0.1) is 29.5 Å². The molecule has 2 saturated carbocycles. The van der Waals surface area contributed by atoms with E-state index in [1.54, 1.807) is 48.5 Å². The number of rotatable bonds is 11. The number of fused-ring (bicyclic) bond motifs is 5. The number of carbonyl (C=O) groups excluding carboxylic acids is 6. The summed E-state index contributed by atoms with van der Waals surface area (Å²) < 4.78 is 42.1. The summed E-state index contributed by atoms with van der Waals surface area (Å²) in [5.41, 5.74) is -2.37. The Morgan fingerprint density at radius 3 is 1.93 bits per heavy atom. The minimum atomic E-state index is -2.58. The number of ether oxygens (including phenoxy) is 8. The van der Waals surface area contributed by atoms with Crippen molar-refractivity contribution < 1.29 is 76.9 Å². The molecule has 23 heteroatoms. The molecule has 3 aliphatic carbocycles. The molecule has 0 spiro atoms. The van der Waals surface area contributed by atoms with Crippen LogP contribution in [0.3, 0.4) is 0 Å². The van der Waals surface area contributed by atoms with E-state index in [-0.39, 0.29) is 16.7 Å². The Labute approximate surface area is 414 Å². The first-order valence-corrected chi connectivity index (χ1v) is 22.9. The predicted molar refractivity (Wildman–Crippen MR) is 239 cm³/mol. The summed E-state index contributed by atoms with van der Waals surface area (Å²) >= 11 is 35.2. The fourth-order valence-corrected chi connectivity index (χ4v) is 10.1. The molecule has 3 fully saturated rings. The van der Waals surface area contributed by atoms with Crippen molar-refractivity contribution in [1.82, 2.24) is 0 Å². The largest absolute Gasteiger partial charge is 0.509 e. The molecule has 1 unspecified atom stereocenters. The third kappa shape index (κ3) is 10.5. The van der Waals surface area contributed by atoms with Crippen LogP contribution in [0.4, 0.5) is 9.59 Å². The fourth-order valence-electron chi connectivity index (χ4n) is 9.78. The lowest BCUT2D eigenvalue weighted by Gasteiger charge is -2.67. The third-order valence-corrected chi connectivity index (χ3v) is 13.7. The van der Waals surface area contributed by atoms with E-state index in [4.69, 9.17) is 113 Å². The Bertz CT molecular complexity index is 2270. The van der Waals surface area contributed by atoms with E-state index >= 15 is 4.79 Å². The van der Waals surface area contributed by atoms with Gasteiger partial charge in [0.1, 0.15) is 43.2 Å². The molecular formula is C44H47Cl6NO16. The summed E-state index contributed by atoms with van der Waals surface area (Å²) in [6, 6.07) is 14.4. The van der Waals surface area contributed by atoms with Crippen LogP contribution in [-0.2, 0) is 52.3 Å². The standard InChI is InChI=1S/C44H47Cl6NO16/c1-21-25(63-36(56)30(53)29(51)23-12-8-6-9-13-23)17-42(59)34(66-35(55)24-14-10-7-11-15-24)32-40(5,33(54)31(28(21)39(42,3)4)65-38(58)62-20-44(48,49)50)26(64-37(57)61-19-43(45,46)47)16-27-41(32,18-60-27)67-22(2)52/h6-15,25-27,29-32,34,53,59H,16-20,51H2,1-5H3/t25-,26-,27+,29-,30+,31+,32-,34-,40+,41-,42?/m0/s1. The van der Waals surface area contributed by atoms with E-state index in [1.165, 1.54) is 39.8 Å². The highest BCUT2D eigenvalue weighted by Gasteiger charge is 2.79. The van der Waals surface area contributed by atoms with Gasteiger partial charge >= 0.3 is 30.2 Å². The average molecular weight is 1060 g/mol. The van der Waals surface area contributed by atoms with Crippen LogP contribution < -0.4 is 5.73 Å². The molecule has 1 aliphatic heterocycles. The smallest absolute Gasteiger partial charge is 0.456 e. The van der Waals surface area contributed by atoms with Crippen LogP contribution in [0.1, 0.15) is 69.4 Å². The molecule has 2 bridgehead atoms. The molecule has 366 valence electrons. The van der Waals surface area contributed by atoms with Gasteiger partial charge in [-0.3, -0.25) is 9.59 Å². The molecule has 2 aromatic carbocycles. The highest BCUT2D eigenvalue weighted by atomic mass is 35.6. The van der Waals surface area contributed by atoms with Crippen LogP contribution in [0.25, 0.3) is 0 Å². The summed E-state index contributed by atoms with van der Waals surface area (Å²) in [5.74, 6) is -6.12. The number of aliphatic hydroxyl groups is 2. The predicted octanol–water partition coefficient (Wildman–Crippen LogP) is 6.76. The molecule has 4 aliphatic rings. The average Bonchev–Trinajstić information content (AvgIpc) is 3.25. The van der Waals surface area contributed by atoms with Gasteiger partial charge in [-0.1, -0.05) is 132 Å². The number of alkyl halides is 6. The number of benzene rings is 2. The molecule has 0 aromatic heterocycles. The number of Topliss-reactive ketones (excluding diaryl/α,β-unsaturated/α-hetero) is 1. The van der Waals surface area contributed by atoms with Gasteiger partial charge in [-0.2, -0.15) is 0 Å². The summed E-state index contributed by atoms with van der Waals surface area (Å²) in [5, 5.41) is 25.1. The van der Waals surface area contributed by atoms with Crippen molar-refractivity contribution in [2.24, 2.45) is 22.5 Å². The van der Waals surface area contributed by atoms with Gasteiger partial charge < -0.3 is 53.8 Å². The summed E-state index contributed by atoms with van der Waals surface area (Å²) in [7, 11) is 0. The molecule has 4 N–H and O–H groups in total. The van der Waals surface area contributed by atoms with E-state index in [0.717, 1.165) is 6.92 Å². The van der Waals surface area contributed by atoms with E-state index in [9.17, 15) is 34.2 Å². The number of halogens is 6. The van der Waals surface area contributed by atoms with Gasteiger partial charge in [0.2, 0.25) is 7.59 Å². The fraction of sp³-hybridized carbons (Fsp3) is 0.545. The Morgan fingerprint density at radius 1 is 0.851 bits per heavy atom. The zero-order valence-corrected chi connectivity index (χ0v) is 40.9. The van der Waals surface area contributed by atoms with Crippen LogP contribution in [0, 0.1) is 16.7 Å². The molecule has 11 atom stereocenters. The maximum absolute atomic E-state index is 16.1. The molecule has 0 radical (unpaired) electrons. The molecule has 2 aromatic rings. The second-order valence-electron chi connectivity index (χ2n) is 17.5. The maximum atomic E-state index is 16.1.